The largest absolute Gasteiger partial charge is 0.375 e. The Morgan fingerprint density at radius 1 is 1.24 bits per heavy atom. The molecular formula is C13H26Cl3N5. The van der Waals surface area contributed by atoms with Gasteiger partial charge in [-0.2, -0.15) is 0 Å². The molecule has 5 nitrogen and oxygen atoms in total. The lowest BCUT2D eigenvalue weighted by atomic mass is 10.1. The van der Waals surface area contributed by atoms with Gasteiger partial charge in [0.25, 0.3) is 0 Å². The Morgan fingerprint density at radius 3 is 2.33 bits per heavy atom. The van der Waals surface area contributed by atoms with E-state index in [1.54, 1.807) is 0 Å². The van der Waals surface area contributed by atoms with Gasteiger partial charge in [0.15, 0.2) is 5.96 Å². The lowest BCUT2D eigenvalue weighted by molar-refractivity contribution is 0.941. The molecule has 0 aromatic heterocycles. The van der Waals surface area contributed by atoms with Crippen LogP contribution in [0.25, 0.3) is 0 Å². The lowest BCUT2D eigenvalue weighted by Gasteiger charge is -2.21. The van der Waals surface area contributed by atoms with E-state index in [4.69, 9.17) is 11.5 Å². The molecule has 0 aliphatic rings. The Labute approximate surface area is 145 Å². The molecule has 0 unspecified atom stereocenters. The number of halogens is 3. The molecule has 0 aliphatic heterocycles. The molecule has 1 aromatic rings. The minimum Gasteiger partial charge on any atom is -0.375 e. The molecule has 0 amide bonds. The number of hydrogen-bond donors (Lipinski definition) is 3. The fraction of sp³-hybridized carbons (Fsp3) is 0.462. The zero-order valence-corrected chi connectivity index (χ0v) is 15.1. The number of rotatable bonds is 5. The van der Waals surface area contributed by atoms with Gasteiger partial charge in [-0.15, -0.1) is 37.2 Å². The molecular weight excluding hydrogens is 333 g/mol. The highest BCUT2D eigenvalue weighted by Gasteiger charge is 2.06. The van der Waals surface area contributed by atoms with Crippen LogP contribution in [0.15, 0.2) is 23.2 Å². The van der Waals surface area contributed by atoms with Crippen LogP contribution in [0.1, 0.15) is 19.4 Å². The molecule has 0 bridgehead atoms. The Kier molecular flexibility index (Phi) is 15.3. The molecule has 1 rings (SSSR count). The second-order valence-electron chi connectivity index (χ2n) is 4.05. The second-order valence-corrected chi connectivity index (χ2v) is 4.05. The van der Waals surface area contributed by atoms with Crippen LogP contribution in [-0.4, -0.2) is 26.1 Å². The first-order chi connectivity index (χ1) is 8.62. The van der Waals surface area contributed by atoms with E-state index < -0.39 is 0 Å². The first-order valence-corrected chi connectivity index (χ1v) is 6.23. The molecule has 5 N–H and O–H groups in total. The topological polar surface area (TPSA) is 79.7 Å². The smallest absolute Gasteiger partial charge is 0.193 e. The summed E-state index contributed by atoms with van der Waals surface area (Å²) in [7, 11) is 2.05. The molecule has 0 radical (unpaired) electrons. The van der Waals surface area contributed by atoms with Crippen LogP contribution in [0.4, 0.5) is 11.4 Å². The third kappa shape index (κ3) is 7.62. The van der Waals surface area contributed by atoms with Crippen molar-refractivity contribution in [2.75, 3.05) is 30.4 Å². The van der Waals surface area contributed by atoms with Crippen molar-refractivity contribution in [2.45, 2.75) is 20.4 Å². The van der Waals surface area contributed by atoms with Crippen molar-refractivity contribution in [3.8, 4) is 0 Å². The van der Waals surface area contributed by atoms with Gasteiger partial charge < -0.3 is 21.7 Å². The zero-order valence-electron chi connectivity index (χ0n) is 12.6. The molecule has 0 fully saturated rings. The summed E-state index contributed by atoms with van der Waals surface area (Å²) < 4.78 is 0. The van der Waals surface area contributed by atoms with E-state index in [9.17, 15) is 0 Å². The number of aliphatic imine (C=N–C) groups is 1. The number of benzene rings is 1. The molecule has 0 aliphatic carbocycles. The van der Waals surface area contributed by atoms with Crippen LogP contribution >= 0.6 is 37.2 Å². The quantitative estimate of drug-likeness (QED) is 0.558. The highest BCUT2D eigenvalue weighted by molar-refractivity contribution is 5.92. The average molecular weight is 359 g/mol. The molecule has 8 heteroatoms. The predicted molar refractivity (Wildman–Crippen MR) is 101 cm³/mol. The first-order valence-electron chi connectivity index (χ1n) is 6.23. The Morgan fingerprint density at radius 2 is 1.86 bits per heavy atom. The van der Waals surface area contributed by atoms with E-state index in [0.29, 0.717) is 19.0 Å². The molecule has 0 atom stereocenters. The number of nitrogens with one attached hydrogen (secondary N) is 1. The van der Waals surface area contributed by atoms with Gasteiger partial charge in [0.05, 0.1) is 0 Å². The summed E-state index contributed by atoms with van der Waals surface area (Å²) in [6, 6.07) is 6.05. The summed E-state index contributed by atoms with van der Waals surface area (Å²) in [5, 5.41) is 3.06. The molecule has 0 heterocycles. The predicted octanol–water partition coefficient (Wildman–Crippen LogP) is 2.61. The van der Waals surface area contributed by atoms with Crippen molar-refractivity contribution < 1.29 is 0 Å². The van der Waals surface area contributed by atoms with Gasteiger partial charge >= 0.3 is 0 Å². The minimum absolute atomic E-state index is 0. The van der Waals surface area contributed by atoms with Crippen LogP contribution in [0.2, 0.25) is 0 Å². The highest BCUT2D eigenvalue weighted by Crippen LogP contribution is 2.23. The Hall–Kier alpha value is -0.880. The third-order valence-corrected chi connectivity index (χ3v) is 2.79. The van der Waals surface area contributed by atoms with Crippen LogP contribution in [0, 0.1) is 0 Å². The molecule has 124 valence electrons. The maximum atomic E-state index is 5.79. The maximum absolute atomic E-state index is 5.79. The molecule has 0 saturated heterocycles. The van der Waals surface area contributed by atoms with E-state index in [1.807, 2.05) is 25.1 Å². The number of anilines is 2. The van der Waals surface area contributed by atoms with Crippen LogP contribution in [0.3, 0.4) is 0 Å². The van der Waals surface area contributed by atoms with E-state index in [2.05, 4.69) is 29.2 Å². The van der Waals surface area contributed by atoms with Crippen LogP contribution in [0.5, 0.6) is 0 Å². The molecule has 0 saturated carbocycles. The number of nitrogens with zero attached hydrogens (tertiary/aromatic N) is 2. The van der Waals surface area contributed by atoms with Crippen molar-refractivity contribution in [2.24, 2.45) is 16.5 Å². The summed E-state index contributed by atoms with van der Waals surface area (Å²) in [6.07, 6.45) is 0. The fourth-order valence-electron chi connectivity index (χ4n) is 1.73. The standard InChI is InChI=1S/C13H23N5.3ClH/c1-4-16-13(15)17-11-6-7-12(18(3)5-2)10(8-11)9-14;;;/h6-8H,4-5,9,14H2,1-3H3,(H3,15,16,17);3*1H. The first kappa shape index (κ1) is 25.1. The van der Waals surface area contributed by atoms with Gasteiger partial charge in [-0.1, -0.05) is 0 Å². The van der Waals surface area contributed by atoms with E-state index in [1.165, 1.54) is 0 Å². The summed E-state index contributed by atoms with van der Waals surface area (Å²) >= 11 is 0. The fourth-order valence-corrected chi connectivity index (χ4v) is 1.73. The number of hydrogen-bond acceptors (Lipinski definition) is 3. The maximum Gasteiger partial charge on any atom is 0.193 e. The normalized spacial score (nSPS) is 9.81. The monoisotopic (exact) mass is 357 g/mol. The van der Waals surface area contributed by atoms with Crippen molar-refractivity contribution in [3.63, 3.8) is 0 Å². The van der Waals surface area contributed by atoms with E-state index in [0.717, 1.165) is 23.5 Å². The van der Waals surface area contributed by atoms with E-state index >= 15 is 0 Å². The lowest BCUT2D eigenvalue weighted by Crippen LogP contribution is -2.23. The number of nitrogens with two attached hydrogens (primary N) is 2. The van der Waals surface area contributed by atoms with E-state index in [-0.39, 0.29) is 37.2 Å². The summed E-state index contributed by atoms with van der Waals surface area (Å²) in [5.74, 6) is 0.428. The van der Waals surface area contributed by atoms with Gasteiger partial charge in [-0.05, 0) is 37.6 Å². The SMILES string of the molecule is CCN=C(N)Nc1ccc(N(C)CC)c(CN)c1.Cl.Cl.Cl. The van der Waals surface area contributed by atoms with Crippen molar-refractivity contribution in [3.05, 3.63) is 23.8 Å². The third-order valence-electron chi connectivity index (χ3n) is 2.79. The van der Waals surface area contributed by atoms with Crippen molar-refractivity contribution in [1.82, 2.24) is 0 Å². The molecule has 1 aromatic carbocycles. The Balaban J connectivity index is -0.00000108. The van der Waals surface area contributed by atoms with Gasteiger partial charge in [-0.25, -0.2) is 0 Å². The highest BCUT2D eigenvalue weighted by atomic mass is 35.5. The van der Waals surface area contributed by atoms with Crippen molar-refractivity contribution >= 4 is 54.6 Å². The Bertz CT molecular complexity index is 426. The summed E-state index contributed by atoms with van der Waals surface area (Å²) in [6.45, 7) is 6.16. The summed E-state index contributed by atoms with van der Waals surface area (Å²) in [4.78, 5) is 6.25. The van der Waals surface area contributed by atoms with Crippen molar-refractivity contribution in [1.29, 1.82) is 0 Å². The van der Waals surface area contributed by atoms with Gasteiger partial charge in [0.2, 0.25) is 0 Å². The van der Waals surface area contributed by atoms with Gasteiger partial charge in [-0.3, -0.25) is 4.99 Å². The van der Waals surface area contributed by atoms with Gasteiger partial charge in [0.1, 0.15) is 0 Å². The molecule has 21 heavy (non-hydrogen) atoms. The second kappa shape index (κ2) is 12.8. The van der Waals surface area contributed by atoms with Crippen LogP contribution in [-0.2, 0) is 6.54 Å². The van der Waals surface area contributed by atoms with Gasteiger partial charge in [0, 0.05) is 38.1 Å². The zero-order chi connectivity index (χ0) is 13.5. The summed E-state index contributed by atoms with van der Waals surface area (Å²) in [5.41, 5.74) is 14.7. The van der Waals surface area contributed by atoms with Crippen LogP contribution < -0.4 is 21.7 Å². The minimum atomic E-state index is 0. The number of guanidine groups is 1. The average Bonchev–Trinajstić information content (AvgIpc) is 2.38. The molecule has 0 spiro atoms.